The van der Waals surface area contributed by atoms with Crippen molar-refractivity contribution in [3.8, 4) is 5.88 Å². The largest absolute Gasteiger partial charge is 0.477 e. The van der Waals surface area contributed by atoms with Crippen molar-refractivity contribution in [3.63, 3.8) is 0 Å². The van der Waals surface area contributed by atoms with Gasteiger partial charge in [-0.15, -0.1) is 0 Å². The first kappa shape index (κ1) is 15.2. The molecule has 5 heteroatoms. The molecule has 0 aliphatic carbocycles. The third kappa shape index (κ3) is 4.41. The van der Waals surface area contributed by atoms with E-state index in [0.717, 1.165) is 23.8 Å². The third-order valence-corrected chi connectivity index (χ3v) is 2.96. The first-order valence-corrected chi connectivity index (χ1v) is 7.09. The summed E-state index contributed by atoms with van der Waals surface area (Å²) in [6, 6.07) is 7.68. The molecule has 2 heterocycles. The van der Waals surface area contributed by atoms with Gasteiger partial charge in [-0.2, -0.15) is 4.98 Å². The molecule has 0 saturated carbocycles. The van der Waals surface area contributed by atoms with Crippen molar-refractivity contribution in [1.82, 2.24) is 15.0 Å². The quantitative estimate of drug-likeness (QED) is 0.916. The zero-order chi connectivity index (χ0) is 15.3. The van der Waals surface area contributed by atoms with Crippen LogP contribution in [-0.4, -0.2) is 28.6 Å². The summed E-state index contributed by atoms with van der Waals surface area (Å²) in [5.74, 6) is 2.13. The standard InChI is InChI=1S/C16H22N4O/c1-16(2,3)15-19-13(17-4)11-14(20-15)21-10-8-12-7-5-6-9-18-12/h5-7,9,11H,8,10H2,1-4H3,(H,17,19,20). The number of nitrogens with zero attached hydrogens (tertiary/aromatic N) is 3. The Morgan fingerprint density at radius 1 is 1.19 bits per heavy atom. The fraction of sp³-hybridized carbons (Fsp3) is 0.438. The summed E-state index contributed by atoms with van der Waals surface area (Å²) in [6.45, 7) is 6.79. The molecule has 2 rings (SSSR count). The second-order valence-electron chi connectivity index (χ2n) is 5.83. The van der Waals surface area contributed by atoms with Crippen LogP contribution in [0.15, 0.2) is 30.5 Å². The molecule has 0 amide bonds. The van der Waals surface area contributed by atoms with Gasteiger partial charge >= 0.3 is 0 Å². The molecule has 2 aromatic heterocycles. The van der Waals surface area contributed by atoms with Crippen molar-refractivity contribution in [2.75, 3.05) is 19.0 Å². The normalized spacial score (nSPS) is 11.2. The van der Waals surface area contributed by atoms with Gasteiger partial charge in [-0.3, -0.25) is 4.98 Å². The van der Waals surface area contributed by atoms with Crippen LogP contribution in [0.4, 0.5) is 5.82 Å². The fourth-order valence-electron chi connectivity index (χ4n) is 1.77. The Balaban J connectivity index is 2.05. The summed E-state index contributed by atoms with van der Waals surface area (Å²) in [5.41, 5.74) is 0.892. The predicted octanol–water partition coefficient (Wildman–Crippen LogP) is 2.83. The summed E-state index contributed by atoms with van der Waals surface area (Å²) in [4.78, 5) is 13.2. The molecule has 0 aromatic carbocycles. The van der Waals surface area contributed by atoms with Crippen LogP contribution < -0.4 is 10.1 Å². The molecule has 112 valence electrons. The summed E-state index contributed by atoms with van der Waals surface area (Å²) >= 11 is 0. The van der Waals surface area contributed by atoms with Crippen molar-refractivity contribution >= 4 is 5.82 Å². The lowest BCUT2D eigenvalue weighted by atomic mass is 9.96. The van der Waals surface area contributed by atoms with Gasteiger partial charge < -0.3 is 10.1 Å². The number of pyridine rings is 1. The Kier molecular flexibility index (Phi) is 4.73. The fourth-order valence-corrected chi connectivity index (χ4v) is 1.77. The lowest BCUT2D eigenvalue weighted by Gasteiger charge is -2.18. The maximum Gasteiger partial charge on any atom is 0.218 e. The van der Waals surface area contributed by atoms with Crippen LogP contribution in [0.3, 0.4) is 0 Å². The van der Waals surface area contributed by atoms with Gasteiger partial charge in [0, 0.05) is 36.8 Å². The van der Waals surface area contributed by atoms with E-state index in [2.05, 4.69) is 41.0 Å². The summed E-state index contributed by atoms with van der Waals surface area (Å²) < 4.78 is 5.76. The number of hydrogen-bond donors (Lipinski definition) is 1. The minimum atomic E-state index is -0.119. The van der Waals surface area contributed by atoms with Crippen molar-refractivity contribution < 1.29 is 4.74 Å². The molecule has 0 radical (unpaired) electrons. The monoisotopic (exact) mass is 286 g/mol. The number of hydrogen-bond acceptors (Lipinski definition) is 5. The molecule has 0 unspecified atom stereocenters. The van der Waals surface area contributed by atoms with Gasteiger partial charge in [0.2, 0.25) is 5.88 Å². The van der Waals surface area contributed by atoms with Crippen LogP contribution >= 0.6 is 0 Å². The number of aromatic nitrogens is 3. The molecule has 1 N–H and O–H groups in total. The van der Waals surface area contributed by atoms with E-state index in [-0.39, 0.29) is 5.41 Å². The van der Waals surface area contributed by atoms with Gasteiger partial charge in [0.05, 0.1) is 6.61 Å². The molecule has 0 atom stereocenters. The van der Waals surface area contributed by atoms with Crippen molar-refractivity contribution in [3.05, 3.63) is 42.0 Å². The Labute approximate surface area is 125 Å². The minimum absolute atomic E-state index is 0.119. The number of anilines is 1. The van der Waals surface area contributed by atoms with E-state index in [4.69, 9.17) is 4.74 Å². The molecule has 0 aliphatic rings. The zero-order valence-corrected chi connectivity index (χ0v) is 13.1. The van der Waals surface area contributed by atoms with E-state index in [1.807, 2.05) is 31.3 Å². The SMILES string of the molecule is CNc1cc(OCCc2ccccn2)nc(C(C)(C)C)n1. The summed E-state index contributed by atoms with van der Waals surface area (Å²) in [5, 5.41) is 3.04. The van der Waals surface area contributed by atoms with Crippen LogP contribution in [0.2, 0.25) is 0 Å². The van der Waals surface area contributed by atoms with E-state index >= 15 is 0 Å². The molecule has 21 heavy (non-hydrogen) atoms. The highest BCUT2D eigenvalue weighted by Crippen LogP contribution is 2.23. The van der Waals surface area contributed by atoms with E-state index in [0.29, 0.717) is 12.5 Å². The van der Waals surface area contributed by atoms with Gasteiger partial charge in [0.25, 0.3) is 0 Å². The highest BCUT2D eigenvalue weighted by molar-refractivity contribution is 5.38. The number of rotatable bonds is 5. The molecule has 0 fully saturated rings. The first-order chi connectivity index (χ1) is 9.99. The van der Waals surface area contributed by atoms with Gasteiger partial charge in [0.1, 0.15) is 11.6 Å². The third-order valence-electron chi connectivity index (χ3n) is 2.96. The number of ether oxygens (including phenoxy) is 1. The average Bonchev–Trinajstić information content (AvgIpc) is 2.47. The topological polar surface area (TPSA) is 59.9 Å². The highest BCUT2D eigenvalue weighted by atomic mass is 16.5. The molecule has 0 bridgehead atoms. The van der Waals surface area contributed by atoms with Crippen LogP contribution in [0, 0.1) is 0 Å². The predicted molar refractivity (Wildman–Crippen MR) is 83.7 cm³/mol. The van der Waals surface area contributed by atoms with Crippen LogP contribution in [0.25, 0.3) is 0 Å². The molecule has 0 aliphatic heterocycles. The lowest BCUT2D eigenvalue weighted by Crippen LogP contribution is -2.18. The Bertz CT molecular complexity index is 579. The van der Waals surface area contributed by atoms with Gasteiger partial charge in [-0.25, -0.2) is 4.98 Å². The second kappa shape index (κ2) is 6.52. The maximum absolute atomic E-state index is 5.76. The molecule has 5 nitrogen and oxygen atoms in total. The first-order valence-electron chi connectivity index (χ1n) is 7.09. The molecule has 0 saturated heterocycles. The van der Waals surface area contributed by atoms with Crippen molar-refractivity contribution in [1.29, 1.82) is 0 Å². The van der Waals surface area contributed by atoms with Crippen molar-refractivity contribution in [2.24, 2.45) is 0 Å². The molecule has 2 aromatic rings. The lowest BCUT2D eigenvalue weighted by molar-refractivity contribution is 0.304. The van der Waals surface area contributed by atoms with E-state index in [9.17, 15) is 0 Å². The Morgan fingerprint density at radius 2 is 2.00 bits per heavy atom. The second-order valence-corrected chi connectivity index (χ2v) is 5.83. The number of nitrogens with one attached hydrogen (secondary N) is 1. The highest BCUT2D eigenvalue weighted by Gasteiger charge is 2.19. The Morgan fingerprint density at radius 3 is 2.62 bits per heavy atom. The van der Waals surface area contributed by atoms with Gasteiger partial charge in [-0.1, -0.05) is 26.8 Å². The molecular formula is C16H22N4O. The van der Waals surface area contributed by atoms with Crippen LogP contribution in [-0.2, 0) is 11.8 Å². The van der Waals surface area contributed by atoms with Gasteiger partial charge in [-0.05, 0) is 12.1 Å². The molecule has 0 spiro atoms. The van der Waals surface area contributed by atoms with Crippen LogP contribution in [0.5, 0.6) is 5.88 Å². The summed E-state index contributed by atoms with van der Waals surface area (Å²) in [7, 11) is 1.84. The van der Waals surface area contributed by atoms with Gasteiger partial charge in [0.15, 0.2) is 0 Å². The van der Waals surface area contributed by atoms with E-state index in [1.165, 1.54) is 0 Å². The maximum atomic E-state index is 5.76. The van der Waals surface area contributed by atoms with Crippen LogP contribution in [0.1, 0.15) is 32.3 Å². The minimum Gasteiger partial charge on any atom is -0.477 e. The zero-order valence-electron chi connectivity index (χ0n) is 13.1. The van der Waals surface area contributed by atoms with E-state index < -0.39 is 0 Å². The average molecular weight is 286 g/mol. The van der Waals surface area contributed by atoms with Crippen molar-refractivity contribution in [2.45, 2.75) is 32.6 Å². The summed E-state index contributed by atoms with van der Waals surface area (Å²) in [6.07, 6.45) is 2.54. The Hall–Kier alpha value is -2.17. The smallest absolute Gasteiger partial charge is 0.218 e. The van der Waals surface area contributed by atoms with E-state index in [1.54, 1.807) is 6.20 Å². The molecular weight excluding hydrogens is 264 g/mol.